The van der Waals surface area contributed by atoms with Gasteiger partial charge in [0.25, 0.3) is 0 Å². The van der Waals surface area contributed by atoms with E-state index in [2.05, 4.69) is 20.4 Å². The van der Waals surface area contributed by atoms with E-state index in [0.717, 1.165) is 5.75 Å². The van der Waals surface area contributed by atoms with E-state index in [-0.39, 0.29) is 5.92 Å². The zero-order valence-electron chi connectivity index (χ0n) is 8.21. The van der Waals surface area contributed by atoms with Gasteiger partial charge in [0.05, 0.1) is 7.11 Å². The largest absolute Gasteiger partial charge is 0.497 e. The molecule has 0 aliphatic rings. The highest BCUT2D eigenvalue weighted by Crippen LogP contribution is 2.24. The lowest BCUT2D eigenvalue weighted by Gasteiger charge is -2.11. The Balaban J connectivity index is 3.10. The van der Waals surface area contributed by atoms with Crippen molar-refractivity contribution in [1.29, 1.82) is 0 Å². The Morgan fingerprint density at radius 3 is 2.69 bits per heavy atom. The van der Waals surface area contributed by atoms with E-state index in [1.54, 1.807) is 7.11 Å². The average molecular weight is 175 g/mol. The Kier molecular flexibility index (Phi) is 3.13. The first-order valence-corrected chi connectivity index (χ1v) is 4.29. The number of hydrogen-bond acceptors (Lipinski definition) is 1. The van der Waals surface area contributed by atoms with Gasteiger partial charge in [-0.15, -0.1) is 6.58 Å². The summed E-state index contributed by atoms with van der Waals surface area (Å²) in [6.45, 7) is 9.79. The number of rotatable bonds is 3. The van der Waals surface area contributed by atoms with Crippen molar-refractivity contribution in [3.8, 4) is 5.75 Å². The second kappa shape index (κ2) is 4.13. The fourth-order valence-electron chi connectivity index (χ4n) is 1.27. The van der Waals surface area contributed by atoms with Gasteiger partial charge in [-0.2, -0.15) is 0 Å². The lowest BCUT2D eigenvalue weighted by Crippen LogP contribution is -1.94. The molecule has 1 nitrogen and oxygen atoms in total. The molecule has 69 valence electrons. The van der Waals surface area contributed by atoms with Crippen molar-refractivity contribution >= 4 is 0 Å². The maximum Gasteiger partial charge on any atom is 0.119 e. The van der Waals surface area contributed by atoms with Crippen LogP contribution in [0.5, 0.6) is 5.75 Å². The molecule has 1 heteroatoms. The van der Waals surface area contributed by atoms with E-state index >= 15 is 0 Å². The van der Waals surface area contributed by atoms with Crippen LogP contribution >= 0.6 is 0 Å². The number of benzene rings is 1. The van der Waals surface area contributed by atoms with Crippen LogP contribution in [0.15, 0.2) is 30.9 Å². The van der Waals surface area contributed by atoms with Gasteiger partial charge in [0, 0.05) is 5.92 Å². The Morgan fingerprint density at radius 1 is 1.46 bits per heavy atom. The van der Waals surface area contributed by atoms with Crippen molar-refractivity contribution in [3.63, 3.8) is 0 Å². The fraction of sp³-hybridized carbons (Fsp3) is 0.250. The van der Waals surface area contributed by atoms with Gasteiger partial charge in [-0.1, -0.05) is 12.1 Å². The van der Waals surface area contributed by atoms with Crippen molar-refractivity contribution in [1.82, 2.24) is 0 Å². The van der Waals surface area contributed by atoms with Gasteiger partial charge in [0.15, 0.2) is 0 Å². The van der Waals surface area contributed by atoms with Gasteiger partial charge < -0.3 is 4.74 Å². The molecule has 1 aromatic rings. The molecule has 0 aromatic heterocycles. The van der Waals surface area contributed by atoms with Crippen LogP contribution in [0.2, 0.25) is 0 Å². The van der Waals surface area contributed by atoms with Crippen LogP contribution < -0.4 is 4.74 Å². The second-order valence-corrected chi connectivity index (χ2v) is 3.06. The highest BCUT2D eigenvalue weighted by Gasteiger charge is 2.05. The molecule has 1 aromatic carbocycles. The van der Waals surface area contributed by atoms with Crippen LogP contribution in [0.25, 0.3) is 0 Å². The number of ether oxygens (including phenoxy) is 1. The number of allylic oxidation sites excluding steroid dienone is 1. The highest BCUT2D eigenvalue weighted by molar-refractivity contribution is 5.39. The molecule has 1 rings (SSSR count). The molecule has 0 aliphatic carbocycles. The van der Waals surface area contributed by atoms with Gasteiger partial charge in [-0.25, -0.2) is 0 Å². The maximum absolute atomic E-state index is 5.14. The molecule has 0 fully saturated rings. The predicted octanol–water partition coefficient (Wildman–Crippen LogP) is 3.11. The highest BCUT2D eigenvalue weighted by atomic mass is 16.5. The van der Waals surface area contributed by atoms with Crippen molar-refractivity contribution in [2.24, 2.45) is 0 Å². The molecule has 0 saturated carbocycles. The third-order valence-corrected chi connectivity index (χ3v) is 2.17. The van der Waals surface area contributed by atoms with E-state index in [4.69, 9.17) is 4.74 Å². The van der Waals surface area contributed by atoms with Crippen LogP contribution in [0, 0.1) is 13.8 Å². The van der Waals surface area contributed by atoms with Crippen LogP contribution in [0.3, 0.4) is 0 Å². The molecule has 0 aliphatic heterocycles. The van der Waals surface area contributed by atoms with Crippen molar-refractivity contribution < 1.29 is 4.74 Å². The van der Waals surface area contributed by atoms with E-state index < -0.39 is 0 Å². The Hall–Kier alpha value is -1.24. The van der Waals surface area contributed by atoms with Crippen molar-refractivity contribution in [2.75, 3.05) is 7.11 Å². The van der Waals surface area contributed by atoms with Gasteiger partial charge in [-0.3, -0.25) is 0 Å². The normalized spacial score (nSPS) is 12.2. The fourth-order valence-corrected chi connectivity index (χ4v) is 1.27. The molecule has 0 saturated heterocycles. The van der Waals surface area contributed by atoms with E-state index in [9.17, 15) is 0 Å². The smallest absolute Gasteiger partial charge is 0.119 e. The van der Waals surface area contributed by atoms with E-state index in [1.165, 1.54) is 11.1 Å². The number of aryl methyl sites for hydroxylation is 1. The molecule has 1 radical (unpaired) electrons. The van der Waals surface area contributed by atoms with E-state index in [1.807, 2.05) is 24.3 Å². The summed E-state index contributed by atoms with van der Waals surface area (Å²) in [7, 11) is 1.67. The number of hydrogen-bond donors (Lipinski definition) is 0. The Bertz CT molecular complexity index is 302. The van der Waals surface area contributed by atoms with Gasteiger partial charge >= 0.3 is 0 Å². The lowest BCUT2D eigenvalue weighted by molar-refractivity contribution is 0.414. The second-order valence-electron chi connectivity index (χ2n) is 3.06. The average Bonchev–Trinajstić information content (AvgIpc) is 2.17. The minimum Gasteiger partial charge on any atom is -0.497 e. The third kappa shape index (κ3) is 2.11. The van der Waals surface area contributed by atoms with Crippen LogP contribution in [-0.2, 0) is 0 Å². The molecule has 0 heterocycles. The molecule has 13 heavy (non-hydrogen) atoms. The lowest BCUT2D eigenvalue weighted by atomic mass is 9.96. The topological polar surface area (TPSA) is 9.23 Å². The summed E-state index contributed by atoms with van der Waals surface area (Å²) in [4.78, 5) is 0. The maximum atomic E-state index is 5.14. The molecule has 1 unspecified atom stereocenters. The minimum absolute atomic E-state index is 0.134. The quantitative estimate of drug-likeness (QED) is 0.641. The van der Waals surface area contributed by atoms with Gasteiger partial charge in [0.1, 0.15) is 5.75 Å². The summed E-state index contributed by atoms with van der Waals surface area (Å²) in [6.07, 6.45) is 1.84. The first kappa shape index (κ1) is 9.85. The number of methoxy groups -OCH3 is 1. The molecule has 0 N–H and O–H groups in total. The molecule has 0 spiro atoms. The van der Waals surface area contributed by atoms with Gasteiger partial charge in [-0.05, 0) is 37.1 Å². The van der Waals surface area contributed by atoms with Crippen LogP contribution in [-0.4, -0.2) is 7.11 Å². The summed E-state index contributed by atoms with van der Waals surface area (Å²) in [5, 5.41) is 0. The minimum atomic E-state index is 0.134. The first-order chi connectivity index (χ1) is 6.19. The van der Waals surface area contributed by atoms with Crippen molar-refractivity contribution in [3.05, 3.63) is 48.9 Å². The molecular formula is C12H15O. The summed E-state index contributed by atoms with van der Waals surface area (Å²) >= 11 is 0. The zero-order valence-corrected chi connectivity index (χ0v) is 8.21. The molecular weight excluding hydrogens is 160 g/mol. The molecule has 0 amide bonds. The standard InChI is InChI=1S/C12H15O/c1-5-9(2)12-8-11(13-4)7-6-10(12)3/h5-9H,1-2H2,3-4H3. The summed E-state index contributed by atoms with van der Waals surface area (Å²) in [5.41, 5.74) is 2.40. The molecule has 0 bridgehead atoms. The van der Waals surface area contributed by atoms with E-state index in [0.29, 0.717) is 0 Å². The van der Waals surface area contributed by atoms with Gasteiger partial charge in [0.2, 0.25) is 0 Å². The van der Waals surface area contributed by atoms with Crippen LogP contribution in [0.1, 0.15) is 17.0 Å². The Labute approximate surface area is 80.0 Å². The SMILES string of the molecule is [CH2]C(C=C)c1cc(OC)ccc1C. The van der Waals surface area contributed by atoms with Crippen molar-refractivity contribution in [2.45, 2.75) is 12.8 Å². The zero-order chi connectivity index (χ0) is 9.84. The van der Waals surface area contributed by atoms with Crippen LogP contribution in [0.4, 0.5) is 0 Å². The first-order valence-electron chi connectivity index (χ1n) is 4.29. The summed E-state index contributed by atoms with van der Waals surface area (Å²) < 4.78 is 5.14. The molecule has 1 atom stereocenters. The third-order valence-electron chi connectivity index (χ3n) is 2.17. The summed E-state index contributed by atoms with van der Waals surface area (Å²) in [5.74, 6) is 1.01. The predicted molar refractivity (Wildman–Crippen MR) is 56.0 cm³/mol. The Morgan fingerprint density at radius 2 is 2.15 bits per heavy atom. The monoisotopic (exact) mass is 175 g/mol. The summed E-state index contributed by atoms with van der Waals surface area (Å²) in [6, 6.07) is 6.00.